The summed E-state index contributed by atoms with van der Waals surface area (Å²) in [5, 5.41) is 0. The highest BCUT2D eigenvalue weighted by atomic mass is 19.1. The van der Waals surface area contributed by atoms with Gasteiger partial charge >= 0.3 is 0 Å². The second-order valence-corrected chi connectivity index (χ2v) is 3.63. The van der Waals surface area contributed by atoms with E-state index in [1.807, 2.05) is 30.3 Å². The van der Waals surface area contributed by atoms with Crippen LogP contribution in [0.5, 0.6) is 0 Å². The first-order valence-corrected chi connectivity index (χ1v) is 5.35. The highest BCUT2D eigenvalue weighted by Crippen LogP contribution is 2.09. The maximum atomic E-state index is 13.2. The molecule has 1 nitrogen and oxygen atoms in total. The fraction of sp³-hybridized carbons (Fsp3) is 0.0667. The smallest absolute Gasteiger partial charge is 0.127 e. The average Bonchev–Trinajstić information content (AvgIpc) is 2.39. The Hall–Kier alpha value is -2.11. The zero-order valence-electron chi connectivity index (χ0n) is 9.28. The summed E-state index contributed by atoms with van der Waals surface area (Å²) >= 11 is 0. The molecular weight excluding hydrogens is 213 g/mol. The summed E-state index contributed by atoms with van der Waals surface area (Å²) in [6, 6.07) is 14.4. The van der Waals surface area contributed by atoms with E-state index in [9.17, 15) is 4.39 Å². The summed E-state index contributed by atoms with van der Waals surface area (Å²) in [5.41, 5.74) is 7.64. The van der Waals surface area contributed by atoms with E-state index in [0.29, 0.717) is 5.56 Å². The van der Waals surface area contributed by atoms with E-state index < -0.39 is 0 Å². The Kier molecular flexibility index (Phi) is 3.54. The van der Waals surface area contributed by atoms with Gasteiger partial charge in [0.05, 0.1) is 0 Å². The third kappa shape index (κ3) is 2.93. The molecule has 0 aliphatic heterocycles. The van der Waals surface area contributed by atoms with E-state index in [-0.39, 0.29) is 12.4 Å². The summed E-state index contributed by atoms with van der Waals surface area (Å²) < 4.78 is 13.2. The molecule has 0 radical (unpaired) electrons. The maximum absolute atomic E-state index is 13.2. The molecule has 0 atom stereocenters. The van der Waals surface area contributed by atoms with Crippen molar-refractivity contribution < 1.29 is 4.39 Å². The van der Waals surface area contributed by atoms with Gasteiger partial charge in [-0.3, -0.25) is 0 Å². The monoisotopic (exact) mass is 225 g/mol. The van der Waals surface area contributed by atoms with Gasteiger partial charge in [-0.15, -0.1) is 0 Å². The summed E-state index contributed by atoms with van der Waals surface area (Å²) in [7, 11) is 0. The topological polar surface area (TPSA) is 26.0 Å². The first kappa shape index (κ1) is 11.4. The lowest BCUT2D eigenvalue weighted by Gasteiger charge is -1.99. The minimum Gasteiger partial charge on any atom is -0.326 e. The molecule has 0 heterocycles. The molecule has 0 spiro atoms. The highest BCUT2D eigenvalue weighted by Gasteiger charge is 1.99. The minimum atomic E-state index is -0.280. The van der Waals surface area contributed by atoms with E-state index >= 15 is 0 Å². The number of hydrogen-bond donors (Lipinski definition) is 1. The first-order chi connectivity index (χ1) is 8.29. The predicted molar refractivity (Wildman–Crippen MR) is 66.7 cm³/mol. The van der Waals surface area contributed by atoms with Crippen LogP contribution in [0.15, 0.2) is 48.5 Å². The van der Waals surface area contributed by atoms with Crippen LogP contribution in [0.3, 0.4) is 0 Å². The number of hydrogen-bond acceptors (Lipinski definition) is 1. The van der Waals surface area contributed by atoms with E-state index in [2.05, 4.69) is 11.8 Å². The predicted octanol–water partition coefficient (Wildman–Crippen LogP) is 2.68. The third-order valence-electron chi connectivity index (χ3n) is 2.39. The van der Waals surface area contributed by atoms with Crippen molar-refractivity contribution in [1.29, 1.82) is 0 Å². The summed E-state index contributed by atoms with van der Waals surface area (Å²) in [6.45, 7) is 0.187. The van der Waals surface area contributed by atoms with Crippen LogP contribution in [0.25, 0.3) is 0 Å². The van der Waals surface area contributed by atoms with Crippen LogP contribution in [0.4, 0.5) is 4.39 Å². The van der Waals surface area contributed by atoms with Gasteiger partial charge in [0.2, 0.25) is 0 Å². The Bertz CT molecular complexity index is 564. The van der Waals surface area contributed by atoms with Crippen LogP contribution in [-0.4, -0.2) is 0 Å². The highest BCUT2D eigenvalue weighted by molar-refractivity contribution is 5.44. The minimum absolute atomic E-state index is 0.187. The van der Waals surface area contributed by atoms with Gasteiger partial charge in [0.1, 0.15) is 5.82 Å². The number of benzene rings is 2. The van der Waals surface area contributed by atoms with Gasteiger partial charge in [-0.05, 0) is 30.3 Å². The van der Waals surface area contributed by atoms with Crippen molar-refractivity contribution in [3.8, 4) is 11.8 Å². The molecule has 0 fully saturated rings. The first-order valence-electron chi connectivity index (χ1n) is 5.35. The Labute approximate surface area is 100 Å². The zero-order valence-corrected chi connectivity index (χ0v) is 9.28. The molecule has 2 aromatic carbocycles. The maximum Gasteiger partial charge on any atom is 0.127 e. The molecule has 0 aliphatic carbocycles. The number of halogens is 1. The standard InChI is InChI=1S/C15H12FN/c16-15-9-8-13(10-14(15)11-17)7-6-12-4-2-1-3-5-12/h1-5,8-10H,11,17H2. The third-order valence-corrected chi connectivity index (χ3v) is 2.39. The molecule has 0 saturated heterocycles. The fourth-order valence-corrected chi connectivity index (χ4v) is 1.47. The van der Waals surface area contributed by atoms with Crippen LogP contribution in [0.1, 0.15) is 16.7 Å². The fourth-order valence-electron chi connectivity index (χ4n) is 1.47. The molecule has 2 aromatic rings. The number of rotatable bonds is 1. The quantitative estimate of drug-likeness (QED) is 0.742. The molecular formula is C15H12FN. The lowest BCUT2D eigenvalue weighted by atomic mass is 10.1. The van der Waals surface area contributed by atoms with Gasteiger partial charge in [-0.1, -0.05) is 30.0 Å². The van der Waals surface area contributed by atoms with E-state index in [0.717, 1.165) is 11.1 Å². The largest absolute Gasteiger partial charge is 0.326 e. The van der Waals surface area contributed by atoms with Crippen molar-refractivity contribution in [2.45, 2.75) is 6.54 Å². The van der Waals surface area contributed by atoms with Crippen LogP contribution in [0, 0.1) is 17.7 Å². The molecule has 0 amide bonds. The lowest BCUT2D eigenvalue weighted by molar-refractivity contribution is 0.610. The molecule has 84 valence electrons. The Balaban J connectivity index is 2.28. The van der Waals surface area contributed by atoms with Crippen molar-refractivity contribution in [2.75, 3.05) is 0 Å². The van der Waals surface area contributed by atoms with Gasteiger partial charge in [0, 0.05) is 23.2 Å². The second-order valence-electron chi connectivity index (χ2n) is 3.63. The molecule has 0 saturated carbocycles. The SMILES string of the molecule is NCc1cc(C#Cc2ccccc2)ccc1F. The summed E-state index contributed by atoms with van der Waals surface area (Å²) in [4.78, 5) is 0. The van der Waals surface area contributed by atoms with Crippen LogP contribution in [-0.2, 0) is 6.54 Å². The van der Waals surface area contributed by atoms with Gasteiger partial charge in [-0.25, -0.2) is 4.39 Å². The van der Waals surface area contributed by atoms with Crippen molar-refractivity contribution in [2.24, 2.45) is 5.73 Å². The van der Waals surface area contributed by atoms with Gasteiger partial charge in [0.15, 0.2) is 0 Å². The van der Waals surface area contributed by atoms with Crippen molar-refractivity contribution in [1.82, 2.24) is 0 Å². The molecule has 2 N–H and O–H groups in total. The van der Waals surface area contributed by atoms with Crippen LogP contribution in [0.2, 0.25) is 0 Å². The normalized spacial score (nSPS) is 9.53. The van der Waals surface area contributed by atoms with Gasteiger partial charge < -0.3 is 5.73 Å². The van der Waals surface area contributed by atoms with Crippen LogP contribution < -0.4 is 5.73 Å². The Morgan fingerprint density at radius 2 is 1.65 bits per heavy atom. The van der Waals surface area contributed by atoms with E-state index in [1.54, 1.807) is 12.1 Å². The zero-order chi connectivity index (χ0) is 12.1. The Morgan fingerprint density at radius 3 is 2.35 bits per heavy atom. The van der Waals surface area contributed by atoms with Gasteiger partial charge in [0.25, 0.3) is 0 Å². The van der Waals surface area contributed by atoms with Crippen molar-refractivity contribution in [3.05, 3.63) is 71.0 Å². The molecule has 0 unspecified atom stereocenters. The lowest BCUT2D eigenvalue weighted by Crippen LogP contribution is -1.99. The molecule has 17 heavy (non-hydrogen) atoms. The van der Waals surface area contributed by atoms with Gasteiger partial charge in [-0.2, -0.15) is 0 Å². The van der Waals surface area contributed by atoms with Crippen molar-refractivity contribution in [3.63, 3.8) is 0 Å². The van der Waals surface area contributed by atoms with E-state index in [4.69, 9.17) is 5.73 Å². The Morgan fingerprint density at radius 1 is 0.941 bits per heavy atom. The van der Waals surface area contributed by atoms with Crippen molar-refractivity contribution >= 4 is 0 Å². The molecule has 2 rings (SSSR count). The molecule has 0 aliphatic rings. The second kappa shape index (κ2) is 5.29. The average molecular weight is 225 g/mol. The number of nitrogens with two attached hydrogens (primary N) is 1. The molecule has 0 aromatic heterocycles. The molecule has 0 bridgehead atoms. The van der Waals surface area contributed by atoms with Crippen LogP contribution >= 0.6 is 0 Å². The summed E-state index contributed by atoms with van der Waals surface area (Å²) in [6.07, 6.45) is 0. The van der Waals surface area contributed by atoms with E-state index in [1.165, 1.54) is 6.07 Å². The summed E-state index contributed by atoms with van der Waals surface area (Å²) in [5.74, 6) is 5.73. The molecule has 2 heteroatoms.